The van der Waals surface area contributed by atoms with E-state index in [1.54, 1.807) is 0 Å². The van der Waals surface area contributed by atoms with Gasteiger partial charge in [0.05, 0.1) is 11.4 Å². The average Bonchev–Trinajstić information content (AvgIpc) is 2.31. The highest BCUT2D eigenvalue weighted by molar-refractivity contribution is 5.12. The van der Waals surface area contributed by atoms with Crippen LogP contribution in [0.1, 0.15) is 44.2 Å². The molecule has 0 fully saturated rings. The maximum Gasteiger partial charge on any atom is 0.0597 e. The quantitative estimate of drug-likeness (QED) is 0.729. The summed E-state index contributed by atoms with van der Waals surface area (Å²) in [5.74, 6) is 0. The molecule has 1 atom stereocenters. The first-order valence-corrected chi connectivity index (χ1v) is 4.34. The van der Waals surface area contributed by atoms with Crippen LogP contribution in [0.2, 0.25) is 0 Å². The molecule has 0 aromatic carbocycles. The second-order valence-corrected chi connectivity index (χ2v) is 3.54. The molecule has 3 nitrogen and oxygen atoms in total. The minimum Gasteiger partial charge on any atom is -0.323 e. The molecule has 1 rings (SSSR count). The van der Waals surface area contributed by atoms with Crippen molar-refractivity contribution in [1.82, 2.24) is 9.78 Å². The van der Waals surface area contributed by atoms with Gasteiger partial charge in [0.25, 0.3) is 0 Å². The number of aryl methyl sites for hydroxylation is 1. The van der Waals surface area contributed by atoms with E-state index in [-0.39, 0.29) is 6.04 Å². The zero-order chi connectivity index (χ0) is 9.30. The Labute approximate surface area is 73.6 Å². The lowest BCUT2D eigenvalue weighted by Gasteiger charge is -2.12. The van der Waals surface area contributed by atoms with E-state index in [9.17, 15) is 0 Å². The number of nitrogens with two attached hydrogens (primary N) is 1. The van der Waals surface area contributed by atoms with E-state index >= 15 is 0 Å². The van der Waals surface area contributed by atoms with Crippen molar-refractivity contribution in [3.05, 3.63) is 17.5 Å². The van der Waals surface area contributed by atoms with Gasteiger partial charge in [-0.15, -0.1) is 0 Å². The first-order chi connectivity index (χ1) is 5.52. The summed E-state index contributed by atoms with van der Waals surface area (Å²) in [4.78, 5) is 0. The van der Waals surface area contributed by atoms with E-state index in [2.05, 4.69) is 18.9 Å². The number of aromatic nitrogens is 2. The molecule has 0 spiro atoms. The smallest absolute Gasteiger partial charge is 0.0597 e. The van der Waals surface area contributed by atoms with Gasteiger partial charge in [-0.25, -0.2) is 0 Å². The van der Waals surface area contributed by atoms with Crippen molar-refractivity contribution >= 4 is 0 Å². The highest BCUT2D eigenvalue weighted by Gasteiger charge is 2.10. The lowest BCUT2D eigenvalue weighted by atomic mass is 10.2. The van der Waals surface area contributed by atoms with Gasteiger partial charge in [-0.2, -0.15) is 5.10 Å². The van der Waals surface area contributed by atoms with Gasteiger partial charge in [0.1, 0.15) is 0 Å². The van der Waals surface area contributed by atoms with Gasteiger partial charge in [-0.05, 0) is 33.8 Å². The molecule has 3 heteroatoms. The summed E-state index contributed by atoms with van der Waals surface area (Å²) in [6, 6.07) is 2.50. The van der Waals surface area contributed by atoms with Crippen LogP contribution in [0.3, 0.4) is 0 Å². The Hall–Kier alpha value is -0.830. The van der Waals surface area contributed by atoms with Crippen LogP contribution in [-0.2, 0) is 0 Å². The molecule has 0 bridgehead atoms. The van der Waals surface area contributed by atoms with Crippen LogP contribution in [-0.4, -0.2) is 9.78 Å². The number of nitrogens with zero attached hydrogens (tertiary/aromatic N) is 2. The molecule has 1 aromatic heterocycles. The first kappa shape index (κ1) is 9.26. The lowest BCUT2D eigenvalue weighted by Crippen LogP contribution is -2.14. The molecule has 0 saturated heterocycles. The Balaban J connectivity index is 3.08. The molecule has 1 heterocycles. The van der Waals surface area contributed by atoms with E-state index in [0.29, 0.717) is 6.04 Å². The normalized spacial score (nSPS) is 13.8. The SMILES string of the molecule is Cc1cc([C@H](C)N)n(C(C)C)n1. The van der Waals surface area contributed by atoms with Gasteiger partial charge >= 0.3 is 0 Å². The molecule has 0 amide bonds. The Morgan fingerprint density at radius 3 is 2.33 bits per heavy atom. The summed E-state index contributed by atoms with van der Waals surface area (Å²) in [5.41, 5.74) is 7.96. The van der Waals surface area contributed by atoms with Crippen LogP contribution in [0, 0.1) is 6.92 Å². The molecule has 2 N–H and O–H groups in total. The molecular formula is C9H17N3. The van der Waals surface area contributed by atoms with Gasteiger partial charge < -0.3 is 5.73 Å². The number of rotatable bonds is 2. The Bertz CT molecular complexity index is 235. The third-order valence-corrected chi connectivity index (χ3v) is 1.84. The number of hydrogen-bond donors (Lipinski definition) is 1. The molecule has 0 aliphatic rings. The third-order valence-electron chi connectivity index (χ3n) is 1.84. The second-order valence-electron chi connectivity index (χ2n) is 3.54. The van der Waals surface area contributed by atoms with Crippen molar-refractivity contribution in [2.45, 2.75) is 39.8 Å². The van der Waals surface area contributed by atoms with Crippen LogP contribution in [0.5, 0.6) is 0 Å². The molecular weight excluding hydrogens is 150 g/mol. The van der Waals surface area contributed by atoms with Crippen molar-refractivity contribution < 1.29 is 0 Å². The predicted octanol–water partition coefficient (Wildman–Crippen LogP) is 1.79. The van der Waals surface area contributed by atoms with Crippen molar-refractivity contribution in [1.29, 1.82) is 0 Å². The third kappa shape index (κ3) is 1.67. The zero-order valence-electron chi connectivity index (χ0n) is 8.20. The monoisotopic (exact) mass is 167 g/mol. The predicted molar refractivity (Wildman–Crippen MR) is 50.0 cm³/mol. The molecule has 0 radical (unpaired) electrons. The highest BCUT2D eigenvalue weighted by Crippen LogP contribution is 2.15. The summed E-state index contributed by atoms with van der Waals surface area (Å²) >= 11 is 0. The average molecular weight is 167 g/mol. The van der Waals surface area contributed by atoms with Crippen LogP contribution in [0.4, 0.5) is 0 Å². The van der Waals surface area contributed by atoms with Crippen molar-refractivity contribution in [2.24, 2.45) is 5.73 Å². The summed E-state index contributed by atoms with van der Waals surface area (Å²) in [7, 11) is 0. The van der Waals surface area contributed by atoms with E-state index in [0.717, 1.165) is 11.4 Å². The van der Waals surface area contributed by atoms with E-state index < -0.39 is 0 Å². The van der Waals surface area contributed by atoms with Crippen LogP contribution in [0.25, 0.3) is 0 Å². The molecule has 12 heavy (non-hydrogen) atoms. The molecule has 0 unspecified atom stereocenters. The maximum atomic E-state index is 5.80. The van der Waals surface area contributed by atoms with E-state index in [1.807, 2.05) is 24.6 Å². The lowest BCUT2D eigenvalue weighted by molar-refractivity contribution is 0.492. The van der Waals surface area contributed by atoms with Crippen LogP contribution < -0.4 is 5.73 Å². The topological polar surface area (TPSA) is 43.8 Å². The first-order valence-electron chi connectivity index (χ1n) is 4.34. The van der Waals surface area contributed by atoms with Crippen molar-refractivity contribution in [3.8, 4) is 0 Å². The summed E-state index contributed by atoms with van der Waals surface area (Å²) in [5, 5.41) is 4.37. The van der Waals surface area contributed by atoms with Gasteiger partial charge in [-0.1, -0.05) is 0 Å². The fourth-order valence-electron chi connectivity index (χ4n) is 1.29. The van der Waals surface area contributed by atoms with E-state index in [4.69, 9.17) is 5.73 Å². The Kier molecular flexibility index (Phi) is 2.52. The summed E-state index contributed by atoms with van der Waals surface area (Å²) in [6.07, 6.45) is 0. The highest BCUT2D eigenvalue weighted by atomic mass is 15.3. The van der Waals surface area contributed by atoms with Crippen LogP contribution >= 0.6 is 0 Å². The number of hydrogen-bond acceptors (Lipinski definition) is 2. The van der Waals surface area contributed by atoms with Crippen molar-refractivity contribution in [2.75, 3.05) is 0 Å². The van der Waals surface area contributed by atoms with Gasteiger partial charge in [-0.3, -0.25) is 4.68 Å². The Morgan fingerprint density at radius 2 is 2.00 bits per heavy atom. The zero-order valence-corrected chi connectivity index (χ0v) is 8.20. The Morgan fingerprint density at radius 1 is 1.42 bits per heavy atom. The summed E-state index contributed by atoms with van der Waals surface area (Å²) in [6.45, 7) is 8.19. The van der Waals surface area contributed by atoms with Gasteiger partial charge in [0, 0.05) is 12.1 Å². The maximum absolute atomic E-state index is 5.80. The summed E-state index contributed by atoms with van der Waals surface area (Å²) < 4.78 is 1.99. The molecule has 0 aliphatic heterocycles. The van der Waals surface area contributed by atoms with E-state index in [1.165, 1.54) is 0 Å². The molecule has 68 valence electrons. The fourth-order valence-corrected chi connectivity index (χ4v) is 1.29. The van der Waals surface area contributed by atoms with Crippen molar-refractivity contribution in [3.63, 3.8) is 0 Å². The van der Waals surface area contributed by atoms with Crippen LogP contribution in [0.15, 0.2) is 6.07 Å². The molecule has 0 saturated carbocycles. The minimum absolute atomic E-state index is 0.0635. The fraction of sp³-hybridized carbons (Fsp3) is 0.667. The molecule has 0 aliphatic carbocycles. The van der Waals surface area contributed by atoms with Gasteiger partial charge in [0.2, 0.25) is 0 Å². The second kappa shape index (κ2) is 3.27. The minimum atomic E-state index is 0.0635. The largest absolute Gasteiger partial charge is 0.323 e. The molecule has 1 aromatic rings. The standard InChI is InChI=1S/C9H17N3/c1-6(2)12-9(8(4)10)5-7(3)11-12/h5-6,8H,10H2,1-4H3/t8-/m0/s1. The van der Waals surface area contributed by atoms with Gasteiger partial charge in [0.15, 0.2) is 0 Å².